The maximum absolute atomic E-state index is 15.4. The summed E-state index contributed by atoms with van der Waals surface area (Å²) in [5.41, 5.74) is 27.0. The highest BCUT2D eigenvalue weighted by molar-refractivity contribution is 6.03. The number of amides is 17. The average Bonchev–Trinajstić information content (AvgIpc) is 1.80. The van der Waals surface area contributed by atoms with Crippen LogP contribution < -0.4 is 108 Å². The Kier molecular flexibility index (Phi) is 35.5. The highest BCUT2D eigenvalue weighted by Gasteiger charge is 2.41. The maximum Gasteiger partial charge on any atom is 0.326 e. The standard InChI is InChI=1S/C77H103N21O21/c1-38(99)63-73(115)94-53(32-44-37-86-47-16-9-8-15-46(44)47)68(110)89-50(25-26-58(78)101)66(108)88-49(18-12-28-85-76(82)83)65(107)90-51(30-40-20-23-45(119-5)24-21-40)67(109)91-52(31-41-19-22-42-13-6-7-14-43(42)29-41)72(114)98-77(3,4)75(118)96-56(70(112)93-54(33-59(79)102)69(111)95-57(74(116)117)35-61(81)104)36-62(105)84-27-11-10-17-48(87-39(2)100)64(106)92-55(34-60(80)103)71(113)97-63/h6-9,13-16,19-24,29,37-38,48-57,63,86,99H,10-12,17-18,25-28,30-36H2,1-5H3,(H2,78,101)(H2,79,102)(H2,80,103)(H2,81,104)(H,84,105)(H,87,100)(H,88,108)(H,89,110)(H,90,107)(H,91,109)(H,92,106)(H,93,112)(H,94,115)(H,95,111)(H,96,118)(H,97,113)(H,98,114)(H,116,117)(H4,82,83,85)/t38-,48?,49+,50+,51+,52+,53+,54+,55+,56-,57+,63?/m1/s1. The first-order valence-electron chi connectivity index (χ1n) is 37.9. The summed E-state index contributed by atoms with van der Waals surface area (Å²) in [6, 6.07) is 4.75. The smallest absolute Gasteiger partial charge is 0.326 e. The van der Waals surface area contributed by atoms with Crippen LogP contribution in [0.2, 0.25) is 0 Å². The quantitative estimate of drug-likeness (QED) is 0.0132. The Balaban J connectivity index is 1.50. The first-order valence-corrected chi connectivity index (χ1v) is 37.9. The zero-order chi connectivity index (χ0) is 88.0. The zero-order valence-electron chi connectivity index (χ0n) is 66.0. The zero-order valence-corrected chi connectivity index (χ0v) is 66.0. The lowest BCUT2D eigenvalue weighted by Crippen LogP contribution is -2.64. The third-order valence-electron chi connectivity index (χ3n) is 18.9. The highest BCUT2D eigenvalue weighted by atomic mass is 16.5. The van der Waals surface area contributed by atoms with Gasteiger partial charge in [0.2, 0.25) is 100 Å². The Bertz CT molecular complexity index is 4590. The van der Waals surface area contributed by atoms with Crippen LogP contribution in [-0.4, -0.2) is 226 Å². The lowest BCUT2D eigenvalue weighted by Gasteiger charge is -2.31. The first-order chi connectivity index (χ1) is 56.2. The number of carboxylic acid groups (broad SMARTS) is 1. The molecule has 1 aliphatic heterocycles. The van der Waals surface area contributed by atoms with Crippen molar-refractivity contribution in [3.8, 4) is 5.75 Å². The van der Waals surface area contributed by atoms with Crippen LogP contribution in [0.4, 0.5) is 0 Å². The predicted octanol–water partition coefficient (Wildman–Crippen LogP) is -6.08. The summed E-state index contributed by atoms with van der Waals surface area (Å²) < 4.78 is 5.37. The van der Waals surface area contributed by atoms with Gasteiger partial charge in [-0.3, -0.25) is 86.9 Å². The van der Waals surface area contributed by atoms with Gasteiger partial charge in [-0.25, -0.2) is 4.79 Å². The molecule has 0 aliphatic carbocycles. The number of aromatic nitrogens is 1. The molecule has 0 radical (unpaired) electrons. The van der Waals surface area contributed by atoms with Crippen molar-refractivity contribution in [2.45, 2.75) is 196 Å². The normalized spacial score (nSPS) is 21.4. The molecular weight excluding hydrogens is 1550 g/mol. The van der Waals surface area contributed by atoms with Gasteiger partial charge >= 0.3 is 5.97 Å². The van der Waals surface area contributed by atoms with Gasteiger partial charge in [0.15, 0.2) is 5.96 Å². The van der Waals surface area contributed by atoms with Crippen molar-refractivity contribution in [1.82, 2.24) is 79.4 Å². The number of guanidine groups is 1. The summed E-state index contributed by atoms with van der Waals surface area (Å²) in [4.78, 5) is 254. The number of carboxylic acids is 1. The van der Waals surface area contributed by atoms with Crippen LogP contribution in [0.5, 0.6) is 5.75 Å². The van der Waals surface area contributed by atoms with Crippen molar-refractivity contribution < 1.29 is 101 Å². The van der Waals surface area contributed by atoms with Gasteiger partial charge in [-0.1, -0.05) is 72.8 Å². The number of ether oxygens (including phenoxy) is 1. The van der Waals surface area contributed by atoms with Crippen LogP contribution in [0.1, 0.15) is 115 Å². The number of benzene rings is 4. The van der Waals surface area contributed by atoms with Gasteiger partial charge in [0.05, 0.1) is 38.9 Å². The number of aliphatic hydroxyl groups is 1. The molecule has 2 heterocycles. The molecule has 42 nitrogen and oxygen atoms in total. The molecule has 42 heteroatoms. The topological polar surface area (TPSA) is 695 Å². The van der Waals surface area contributed by atoms with Gasteiger partial charge in [-0.15, -0.1) is 0 Å². The third kappa shape index (κ3) is 30.4. The Morgan fingerprint density at radius 3 is 1.76 bits per heavy atom. The number of carbonyl (C=O) groups is 18. The number of hydrogen-bond acceptors (Lipinski definition) is 21. The number of primary amides is 4. The monoisotopic (exact) mass is 1660 g/mol. The number of nitrogens with two attached hydrogens (primary N) is 5. The number of aliphatic hydroxyl groups excluding tert-OH is 1. The number of methoxy groups -OCH3 is 1. The molecule has 1 aromatic heterocycles. The minimum absolute atomic E-state index is 0.0433. The summed E-state index contributed by atoms with van der Waals surface area (Å²) in [6.07, 6.45) is -7.38. The fraction of sp³-hybridized carbons (Fsp3) is 0.442. The molecule has 0 spiro atoms. The molecule has 17 amide bonds. The molecule has 1 fully saturated rings. The number of aromatic amines is 1. The fourth-order valence-electron chi connectivity index (χ4n) is 12.6. The summed E-state index contributed by atoms with van der Waals surface area (Å²) in [5, 5.41) is 65.0. The van der Waals surface area contributed by atoms with Crippen molar-refractivity contribution in [1.29, 1.82) is 5.41 Å². The van der Waals surface area contributed by atoms with Gasteiger partial charge in [-0.2, -0.15) is 0 Å². The number of fused-ring (bicyclic) bond motifs is 2. The van der Waals surface area contributed by atoms with Crippen LogP contribution in [-0.2, 0) is 106 Å². The average molecular weight is 1660 g/mol. The van der Waals surface area contributed by atoms with Gasteiger partial charge in [0.25, 0.3) is 0 Å². The lowest BCUT2D eigenvalue weighted by atomic mass is 9.97. The van der Waals surface area contributed by atoms with E-state index in [4.69, 9.17) is 38.8 Å². The summed E-state index contributed by atoms with van der Waals surface area (Å²) in [7, 11) is 1.40. The number of carbonyl (C=O) groups excluding carboxylic acids is 17. The number of aliphatic carboxylic acids is 1. The molecule has 28 N–H and O–H groups in total. The van der Waals surface area contributed by atoms with E-state index in [0.717, 1.165) is 33.1 Å². The Morgan fingerprint density at radius 2 is 1.15 bits per heavy atom. The maximum atomic E-state index is 15.4. The lowest BCUT2D eigenvalue weighted by molar-refractivity contribution is -0.144. The molecule has 2 unspecified atom stereocenters. The van der Waals surface area contributed by atoms with E-state index < -0.39 is 235 Å². The summed E-state index contributed by atoms with van der Waals surface area (Å²) in [5.74, 6) is -21.5. The summed E-state index contributed by atoms with van der Waals surface area (Å²) in [6.45, 7) is 4.04. The van der Waals surface area contributed by atoms with Crippen LogP contribution >= 0.6 is 0 Å². The second kappa shape index (κ2) is 44.9. The van der Waals surface area contributed by atoms with E-state index in [2.05, 4.69) is 74.1 Å². The van der Waals surface area contributed by atoms with Gasteiger partial charge in [-0.05, 0) is 105 Å². The molecule has 12 atom stereocenters. The molecule has 6 rings (SSSR count). The Labute approximate surface area is 681 Å². The summed E-state index contributed by atoms with van der Waals surface area (Å²) >= 11 is 0. The molecule has 119 heavy (non-hydrogen) atoms. The minimum atomic E-state index is -2.21. The number of rotatable bonds is 27. The molecule has 0 saturated carbocycles. The van der Waals surface area contributed by atoms with Crippen LogP contribution in [0.15, 0.2) is 97.2 Å². The largest absolute Gasteiger partial charge is 0.497 e. The first kappa shape index (κ1) is 94.0. The molecule has 4 aromatic carbocycles. The number of nitrogens with one attached hydrogen (secondary N) is 16. The number of para-hydroxylation sites is 1. The molecule has 5 aromatic rings. The fourth-order valence-corrected chi connectivity index (χ4v) is 12.6. The van der Waals surface area contributed by atoms with Gasteiger partial charge in [0, 0.05) is 62.8 Å². The second-order valence-electron chi connectivity index (χ2n) is 29.0. The molecule has 0 bridgehead atoms. The van der Waals surface area contributed by atoms with Crippen molar-refractivity contribution in [3.63, 3.8) is 0 Å². The number of H-pyrrole nitrogens is 1. The van der Waals surface area contributed by atoms with E-state index >= 15 is 24.0 Å². The van der Waals surface area contributed by atoms with Crippen molar-refractivity contribution in [2.24, 2.45) is 28.7 Å². The van der Waals surface area contributed by atoms with Crippen molar-refractivity contribution in [3.05, 3.63) is 114 Å². The van der Waals surface area contributed by atoms with Gasteiger partial charge in [0.1, 0.15) is 77.7 Å². The predicted molar refractivity (Wildman–Crippen MR) is 425 cm³/mol. The van der Waals surface area contributed by atoms with Crippen molar-refractivity contribution in [2.75, 3.05) is 20.2 Å². The van der Waals surface area contributed by atoms with Crippen LogP contribution in [0, 0.1) is 5.41 Å². The van der Waals surface area contributed by atoms with E-state index in [1.807, 2.05) is 11.4 Å². The van der Waals surface area contributed by atoms with Crippen LogP contribution in [0.25, 0.3) is 21.7 Å². The van der Waals surface area contributed by atoms with E-state index in [-0.39, 0.29) is 58.0 Å². The van der Waals surface area contributed by atoms with E-state index in [1.165, 1.54) is 13.3 Å². The Morgan fingerprint density at radius 1 is 0.597 bits per heavy atom. The molecular formula is C77H103N21O21. The van der Waals surface area contributed by atoms with Gasteiger partial charge < -0.3 is 123 Å². The van der Waals surface area contributed by atoms with E-state index in [1.54, 1.807) is 84.9 Å². The number of hydrogen-bond donors (Lipinski definition) is 23. The highest BCUT2D eigenvalue weighted by Crippen LogP contribution is 2.22. The third-order valence-corrected chi connectivity index (χ3v) is 18.9. The molecule has 1 aliphatic rings. The van der Waals surface area contributed by atoms with E-state index in [0.29, 0.717) is 38.7 Å². The molecule has 1 saturated heterocycles. The minimum Gasteiger partial charge on any atom is -0.497 e. The van der Waals surface area contributed by atoms with Crippen LogP contribution in [0.3, 0.4) is 0 Å². The molecule has 642 valence electrons. The van der Waals surface area contributed by atoms with E-state index in [9.17, 15) is 72.5 Å². The Hall–Kier alpha value is -13.8. The second-order valence-corrected chi connectivity index (χ2v) is 29.0. The van der Waals surface area contributed by atoms with Crippen molar-refractivity contribution >= 4 is 134 Å². The SMILES string of the molecule is COc1ccc(C[C@@H]2NC(=O)[C@H](CCCNC(=N)N)NC(=O)[C@H](CCC(N)=O)NC(=O)[C@H](Cc3c[nH]c4ccccc34)NC(=O)C([C@@H](C)O)NC(=O)[C@H](CC(N)=O)NC(=O)C(NC(C)=O)CCCCNC(=O)C[C@H](C(=O)N[C@@H](CC(N)=O)C(=O)N[C@@H](CC(N)=O)C(=O)O)NC(=O)C(C)(C)NC(=O)[C@H](Cc3ccc4ccccc4c3)NC2=O)cc1.